The van der Waals surface area contributed by atoms with Crippen molar-refractivity contribution in [3.8, 4) is 0 Å². The van der Waals surface area contributed by atoms with Gasteiger partial charge in [0.05, 0.1) is 12.3 Å². The van der Waals surface area contributed by atoms with Gasteiger partial charge >= 0.3 is 17.6 Å². The van der Waals surface area contributed by atoms with Crippen molar-refractivity contribution in [2.24, 2.45) is 14.1 Å². The highest BCUT2D eigenvalue weighted by Gasteiger charge is 2.23. The summed E-state index contributed by atoms with van der Waals surface area (Å²) in [6.45, 7) is 5.35. The van der Waals surface area contributed by atoms with Gasteiger partial charge in [0.25, 0.3) is 5.56 Å². The zero-order valence-corrected chi connectivity index (χ0v) is 14.7. The molecule has 9 nitrogen and oxygen atoms in total. The first kappa shape index (κ1) is 18.4. The first-order valence-corrected chi connectivity index (χ1v) is 7.77. The van der Waals surface area contributed by atoms with Crippen molar-refractivity contribution in [1.29, 1.82) is 0 Å². The van der Waals surface area contributed by atoms with Gasteiger partial charge in [0, 0.05) is 20.3 Å². The van der Waals surface area contributed by atoms with Crippen molar-refractivity contribution in [2.75, 3.05) is 11.9 Å². The molecular formula is C16H20N4O5. The highest BCUT2D eigenvalue weighted by molar-refractivity contribution is 6.38. The average molecular weight is 348 g/mol. The standard InChI is InChI=1S/C16H20N4O5/c1-6-25-15(23)13(21)18-11-9(8(2)3)7-17-12-10(11)14(22)20(5)16(24)19(12)4/h7-8H,6H2,1-5H3,(H,17,18,21). The Morgan fingerprint density at radius 2 is 1.88 bits per heavy atom. The number of amides is 1. The van der Waals surface area contributed by atoms with E-state index in [4.69, 9.17) is 0 Å². The summed E-state index contributed by atoms with van der Waals surface area (Å²) in [4.78, 5) is 52.6. The normalized spacial score (nSPS) is 11.0. The third-order valence-corrected chi connectivity index (χ3v) is 3.82. The molecule has 2 heterocycles. The van der Waals surface area contributed by atoms with E-state index in [1.54, 1.807) is 6.92 Å². The van der Waals surface area contributed by atoms with E-state index in [1.165, 1.54) is 24.9 Å². The molecule has 0 saturated heterocycles. The lowest BCUT2D eigenvalue weighted by molar-refractivity contribution is -0.152. The van der Waals surface area contributed by atoms with Gasteiger partial charge < -0.3 is 10.1 Å². The number of rotatable bonds is 3. The lowest BCUT2D eigenvalue weighted by Gasteiger charge is -2.17. The second-order valence-corrected chi connectivity index (χ2v) is 5.82. The number of carbonyl (C=O) groups excluding carboxylic acids is 2. The summed E-state index contributed by atoms with van der Waals surface area (Å²) >= 11 is 0. The number of nitrogens with zero attached hydrogens (tertiary/aromatic N) is 3. The summed E-state index contributed by atoms with van der Waals surface area (Å²) in [6.07, 6.45) is 1.48. The van der Waals surface area contributed by atoms with E-state index < -0.39 is 23.1 Å². The van der Waals surface area contributed by atoms with Crippen LogP contribution in [0.1, 0.15) is 32.3 Å². The summed E-state index contributed by atoms with van der Waals surface area (Å²) < 4.78 is 6.81. The van der Waals surface area contributed by atoms with Crippen LogP contribution in [0.15, 0.2) is 15.8 Å². The SMILES string of the molecule is CCOC(=O)C(=O)Nc1c(C(C)C)cnc2c1c(=O)n(C)c(=O)n2C. The Bertz CT molecular complexity index is 971. The molecule has 1 N–H and O–H groups in total. The lowest BCUT2D eigenvalue weighted by Crippen LogP contribution is -2.38. The van der Waals surface area contributed by atoms with E-state index in [2.05, 4.69) is 15.0 Å². The molecule has 2 aromatic heterocycles. The Kier molecular flexibility index (Phi) is 5.05. The third-order valence-electron chi connectivity index (χ3n) is 3.82. The van der Waals surface area contributed by atoms with E-state index in [-0.39, 0.29) is 29.2 Å². The Morgan fingerprint density at radius 3 is 2.44 bits per heavy atom. The molecule has 0 aliphatic carbocycles. The molecule has 0 radical (unpaired) electrons. The zero-order valence-electron chi connectivity index (χ0n) is 14.7. The molecule has 0 fully saturated rings. The fourth-order valence-electron chi connectivity index (χ4n) is 2.48. The largest absolute Gasteiger partial charge is 0.459 e. The molecule has 0 atom stereocenters. The molecule has 0 aromatic carbocycles. The topological polar surface area (TPSA) is 112 Å². The van der Waals surface area contributed by atoms with Crippen LogP contribution in [-0.2, 0) is 28.4 Å². The predicted octanol–water partition coefficient (Wildman–Crippen LogP) is 0.257. The number of pyridine rings is 1. The molecule has 25 heavy (non-hydrogen) atoms. The molecule has 0 aliphatic heterocycles. The Labute approximate surface area is 143 Å². The number of fused-ring (bicyclic) bond motifs is 1. The van der Waals surface area contributed by atoms with Crippen LogP contribution in [0.25, 0.3) is 11.0 Å². The van der Waals surface area contributed by atoms with Gasteiger partial charge in [-0.25, -0.2) is 14.6 Å². The summed E-state index contributed by atoms with van der Waals surface area (Å²) in [7, 11) is 2.81. The van der Waals surface area contributed by atoms with Crippen LogP contribution in [-0.4, -0.2) is 32.6 Å². The molecule has 9 heteroatoms. The highest BCUT2D eigenvalue weighted by atomic mass is 16.5. The Morgan fingerprint density at radius 1 is 1.24 bits per heavy atom. The summed E-state index contributed by atoms with van der Waals surface area (Å²) in [5, 5.41) is 2.52. The Hall–Kier alpha value is -2.97. The highest BCUT2D eigenvalue weighted by Crippen LogP contribution is 2.28. The van der Waals surface area contributed by atoms with Gasteiger partial charge in [0.1, 0.15) is 5.39 Å². The zero-order chi connectivity index (χ0) is 18.9. The van der Waals surface area contributed by atoms with Crippen molar-refractivity contribution >= 4 is 28.6 Å². The van der Waals surface area contributed by atoms with Gasteiger partial charge in [0.2, 0.25) is 0 Å². The number of hydrogen-bond acceptors (Lipinski definition) is 6. The first-order valence-electron chi connectivity index (χ1n) is 7.77. The first-order chi connectivity index (χ1) is 11.7. The monoisotopic (exact) mass is 348 g/mol. The number of ether oxygens (including phenoxy) is 1. The van der Waals surface area contributed by atoms with E-state index in [0.29, 0.717) is 5.56 Å². The molecule has 0 bridgehead atoms. The maximum atomic E-state index is 12.6. The number of esters is 1. The lowest BCUT2D eigenvalue weighted by atomic mass is 10.0. The minimum Gasteiger partial charge on any atom is -0.459 e. The van der Waals surface area contributed by atoms with Crippen LogP contribution in [0, 0.1) is 0 Å². The maximum absolute atomic E-state index is 12.6. The molecule has 0 aliphatic rings. The Balaban J connectivity index is 2.81. The van der Waals surface area contributed by atoms with Gasteiger partial charge in [-0.2, -0.15) is 0 Å². The quantitative estimate of drug-likeness (QED) is 0.629. The number of hydrogen-bond donors (Lipinski definition) is 1. The second kappa shape index (κ2) is 6.88. The van der Waals surface area contributed by atoms with Crippen LogP contribution in [0.3, 0.4) is 0 Å². The van der Waals surface area contributed by atoms with Gasteiger partial charge in [0.15, 0.2) is 5.65 Å². The molecule has 2 aromatic rings. The maximum Gasteiger partial charge on any atom is 0.397 e. The van der Waals surface area contributed by atoms with Gasteiger partial charge in [-0.05, 0) is 18.4 Å². The molecule has 0 spiro atoms. The number of carbonyl (C=O) groups is 2. The minimum atomic E-state index is -1.05. The molecule has 2 rings (SSSR count). The van der Waals surface area contributed by atoms with Crippen molar-refractivity contribution < 1.29 is 14.3 Å². The number of aryl methyl sites for hydroxylation is 1. The third kappa shape index (κ3) is 3.17. The van der Waals surface area contributed by atoms with E-state index in [0.717, 1.165) is 4.57 Å². The van der Waals surface area contributed by atoms with Crippen LogP contribution in [0.2, 0.25) is 0 Å². The van der Waals surface area contributed by atoms with Crippen LogP contribution in [0.5, 0.6) is 0 Å². The van der Waals surface area contributed by atoms with Crippen molar-refractivity contribution in [2.45, 2.75) is 26.7 Å². The average Bonchev–Trinajstić information content (AvgIpc) is 2.57. The van der Waals surface area contributed by atoms with Crippen molar-refractivity contribution in [3.05, 3.63) is 32.6 Å². The molecule has 134 valence electrons. The van der Waals surface area contributed by atoms with E-state index in [9.17, 15) is 19.2 Å². The minimum absolute atomic E-state index is 0.0522. The number of nitrogens with one attached hydrogen (secondary N) is 1. The van der Waals surface area contributed by atoms with E-state index >= 15 is 0 Å². The molecule has 0 saturated carbocycles. The summed E-state index contributed by atoms with van der Waals surface area (Å²) in [6, 6.07) is 0. The molecular weight excluding hydrogens is 328 g/mol. The van der Waals surface area contributed by atoms with Crippen molar-refractivity contribution in [3.63, 3.8) is 0 Å². The van der Waals surface area contributed by atoms with Crippen molar-refractivity contribution in [1.82, 2.24) is 14.1 Å². The molecule has 0 unspecified atom stereocenters. The predicted molar refractivity (Wildman–Crippen MR) is 91.6 cm³/mol. The van der Waals surface area contributed by atoms with Crippen LogP contribution < -0.4 is 16.6 Å². The molecule has 1 amide bonds. The fourth-order valence-corrected chi connectivity index (χ4v) is 2.48. The fraction of sp³-hybridized carbons (Fsp3) is 0.438. The van der Waals surface area contributed by atoms with Crippen LogP contribution >= 0.6 is 0 Å². The summed E-state index contributed by atoms with van der Waals surface area (Å²) in [5.41, 5.74) is -0.288. The van der Waals surface area contributed by atoms with Gasteiger partial charge in [-0.3, -0.25) is 18.7 Å². The second-order valence-electron chi connectivity index (χ2n) is 5.82. The summed E-state index contributed by atoms with van der Waals surface area (Å²) in [5.74, 6) is -2.13. The van der Waals surface area contributed by atoms with Gasteiger partial charge in [-0.1, -0.05) is 13.8 Å². The smallest absolute Gasteiger partial charge is 0.397 e. The number of aromatic nitrogens is 3. The van der Waals surface area contributed by atoms with Gasteiger partial charge in [-0.15, -0.1) is 0 Å². The van der Waals surface area contributed by atoms with Crippen LogP contribution in [0.4, 0.5) is 5.69 Å². The number of anilines is 1. The van der Waals surface area contributed by atoms with E-state index in [1.807, 2.05) is 13.8 Å².